The summed E-state index contributed by atoms with van der Waals surface area (Å²) >= 11 is 0. The lowest BCUT2D eigenvalue weighted by Gasteiger charge is -2.27. The Bertz CT molecular complexity index is 448. The summed E-state index contributed by atoms with van der Waals surface area (Å²) in [4.78, 5) is 13.5. The molecule has 4 nitrogen and oxygen atoms in total. The fraction of sp³-hybridized carbons (Fsp3) is 0.562. The summed E-state index contributed by atoms with van der Waals surface area (Å²) in [6.07, 6.45) is 2.51. The molecule has 110 valence electrons. The smallest absolute Gasteiger partial charge is 0.279 e. The van der Waals surface area contributed by atoms with Gasteiger partial charge in [0.05, 0.1) is 25.4 Å². The van der Waals surface area contributed by atoms with Gasteiger partial charge >= 0.3 is 0 Å². The largest absolute Gasteiger partial charge is 0.492 e. The van der Waals surface area contributed by atoms with Crippen LogP contribution in [-0.4, -0.2) is 32.1 Å². The van der Waals surface area contributed by atoms with Crippen LogP contribution in [0.25, 0.3) is 0 Å². The first-order valence-corrected chi connectivity index (χ1v) is 7.54. The zero-order valence-electron chi connectivity index (χ0n) is 12.4. The standard InChI is InChI=1S/C16H24N2O2/c1-3-20-15-9-5-4-8-14(15)17-16(19)12-18-10-6-7-13(2)11-18/h4-5,8-9,13H,3,6-7,10-12H2,1-2H3,(H,17,19)/p+1/t13-/m1/s1. The molecule has 1 aromatic carbocycles. The molecule has 1 fully saturated rings. The molecule has 4 heteroatoms. The monoisotopic (exact) mass is 277 g/mol. The molecular formula is C16H25N2O2+. The topological polar surface area (TPSA) is 42.8 Å². The number of likely N-dealkylation sites (tertiary alicyclic amines) is 1. The number of benzene rings is 1. The highest BCUT2D eigenvalue weighted by molar-refractivity contribution is 5.92. The van der Waals surface area contributed by atoms with Crippen LogP contribution < -0.4 is 15.0 Å². The number of anilines is 1. The fourth-order valence-electron chi connectivity index (χ4n) is 2.83. The van der Waals surface area contributed by atoms with Crippen LogP contribution in [0.2, 0.25) is 0 Å². The Hall–Kier alpha value is -1.55. The molecule has 0 aromatic heterocycles. The van der Waals surface area contributed by atoms with Crippen molar-refractivity contribution >= 4 is 11.6 Å². The van der Waals surface area contributed by atoms with E-state index in [4.69, 9.17) is 4.74 Å². The number of para-hydroxylation sites is 2. The van der Waals surface area contributed by atoms with Crippen LogP contribution in [0.15, 0.2) is 24.3 Å². The van der Waals surface area contributed by atoms with E-state index in [1.54, 1.807) is 0 Å². The van der Waals surface area contributed by atoms with Gasteiger partial charge in [0.2, 0.25) is 0 Å². The molecule has 2 rings (SSSR count). The van der Waals surface area contributed by atoms with Gasteiger partial charge in [-0.05, 0) is 31.9 Å². The number of quaternary nitrogens is 1. The first kappa shape index (κ1) is 14.9. The van der Waals surface area contributed by atoms with Crippen molar-refractivity contribution in [3.8, 4) is 5.75 Å². The van der Waals surface area contributed by atoms with E-state index in [0.29, 0.717) is 13.2 Å². The van der Waals surface area contributed by atoms with Crippen molar-refractivity contribution in [2.75, 3.05) is 31.6 Å². The Morgan fingerprint density at radius 1 is 1.45 bits per heavy atom. The highest BCUT2D eigenvalue weighted by Gasteiger charge is 2.22. The van der Waals surface area contributed by atoms with Crippen LogP contribution in [0.1, 0.15) is 26.7 Å². The predicted molar refractivity (Wildman–Crippen MR) is 80.2 cm³/mol. The maximum atomic E-state index is 12.2. The predicted octanol–water partition coefficient (Wildman–Crippen LogP) is 1.34. The van der Waals surface area contributed by atoms with Gasteiger partial charge < -0.3 is 15.0 Å². The number of carbonyl (C=O) groups excluding carboxylic acids is 1. The first-order chi connectivity index (χ1) is 9.69. The SMILES string of the molecule is CCOc1ccccc1NC(=O)C[NH+]1CCC[C@@H](C)C1. The van der Waals surface area contributed by atoms with Crippen molar-refractivity contribution in [2.45, 2.75) is 26.7 Å². The molecule has 1 unspecified atom stereocenters. The maximum absolute atomic E-state index is 12.2. The number of hydrogen-bond acceptors (Lipinski definition) is 2. The Morgan fingerprint density at radius 3 is 3.00 bits per heavy atom. The van der Waals surface area contributed by atoms with Gasteiger partial charge in [0.1, 0.15) is 5.75 Å². The summed E-state index contributed by atoms with van der Waals surface area (Å²) in [5, 5.41) is 2.97. The maximum Gasteiger partial charge on any atom is 0.279 e. The number of amides is 1. The van der Waals surface area contributed by atoms with E-state index in [9.17, 15) is 4.79 Å². The van der Waals surface area contributed by atoms with Gasteiger partial charge in [-0.1, -0.05) is 19.1 Å². The van der Waals surface area contributed by atoms with Gasteiger partial charge in [-0.3, -0.25) is 4.79 Å². The summed E-state index contributed by atoms with van der Waals surface area (Å²) in [6.45, 7) is 7.55. The zero-order valence-corrected chi connectivity index (χ0v) is 12.4. The van der Waals surface area contributed by atoms with Crippen molar-refractivity contribution in [3.63, 3.8) is 0 Å². The third kappa shape index (κ3) is 4.23. The molecule has 0 saturated carbocycles. The van der Waals surface area contributed by atoms with Crippen LogP contribution in [-0.2, 0) is 4.79 Å². The highest BCUT2D eigenvalue weighted by atomic mass is 16.5. The van der Waals surface area contributed by atoms with E-state index < -0.39 is 0 Å². The molecule has 1 heterocycles. The van der Waals surface area contributed by atoms with Gasteiger partial charge in [-0.25, -0.2) is 0 Å². The lowest BCUT2D eigenvalue weighted by Crippen LogP contribution is -3.14. The second-order valence-electron chi connectivity index (χ2n) is 5.61. The average molecular weight is 277 g/mol. The molecular weight excluding hydrogens is 252 g/mol. The minimum absolute atomic E-state index is 0.0706. The lowest BCUT2D eigenvalue weighted by atomic mass is 10.0. The van der Waals surface area contributed by atoms with Crippen LogP contribution in [0, 0.1) is 5.92 Å². The van der Waals surface area contributed by atoms with E-state index in [0.717, 1.165) is 30.4 Å². The number of rotatable bonds is 5. The van der Waals surface area contributed by atoms with Gasteiger partial charge in [-0.15, -0.1) is 0 Å². The molecule has 1 aromatic rings. The molecule has 1 aliphatic rings. The Labute approximate surface area is 121 Å². The van der Waals surface area contributed by atoms with Gasteiger partial charge in [0.25, 0.3) is 5.91 Å². The molecule has 0 aliphatic carbocycles. The second-order valence-corrected chi connectivity index (χ2v) is 5.61. The van der Waals surface area contributed by atoms with Crippen molar-refractivity contribution in [1.29, 1.82) is 0 Å². The fourth-order valence-corrected chi connectivity index (χ4v) is 2.83. The van der Waals surface area contributed by atoms with E-state index in [1.165, 1.54) is 17.7 Å². The van der Waals surface area contributed by atoms with E-state index in [-0.39, 0.29) is 5.91 Å². The Morgan fingerprint density at radius 2 is 2.25 bits per heavy atom. The van der Waals surface area contributed by atoms with Crippen molar-refractivity contribution in [1.82, 2.24) is 0 Å². The number of piperidine rings is 1. The summed E-state index contributed by atoms with van der Waals surface area (Å²) < 4.78 is 5.52. The molecule has 0 bridgehead atoms. The Kier molecular flexibility index (Phi) is 5.41. The third-order valence-electron chi connectivity index (χ3n) is 3.74. The molecule has 0 spiro atoms. The number of carbonyl (C=O) groups is 1. The second kappa shape index (κ2) is 7.29. The van der Waals surface area contributed by atoms with Crippen LogP contribution in [0.5, 0.6) is 5.75 Å². The van der Waals surface area contributed by atoms with Crippen molar-refractivity contribution in [3.05, 3.63) is 24.3 Å². The molecule has 1 aliphatic heterocycles. The van der Waals surface area contributed by atoms with Gasteiger partial charge in [-0.2, -0.15) is 0 Å². The minimum Gasteiger partial charge on any atom is -0.492 e. The van der Waals surface area contributed by atoms with Gasteiger partial charge in [0, 0.05) is 5.92 Å². The molecule has 1 amide bonds. The molecule has 20 heavy (non-hydrogen) atoms. The third-order valence-corrected chi connectivity index (χ3v) is 3.74. The molecule has 2 atom stereocenters. The number of ether oxygens (including phenoxy) is 1. The van der Waals surface area contributed by atoms with E-state index >= 15 is 0 Å². The Balaban J connectivity index is 1.91. The zero-order chi connectivity index (χ0) is 14.4. The molecule has 1 saturated heterocycles. The lowest BCUT2D eigenvalue weighted by molar-refractivity contribution is -0.900. The normalized spacial score (nSPS) is 22.3. The average Bonchev–Trinajstić information content (AvgIpc) is 2.41. The van der Waals surface area contributed by atoms with Gasteiger partial charge in [0.15, 0.2) is 6.54 Å². The summed E-state index contributed by atoms with van der Waals surface area (Å²) in [5.41, 5.74) is 0.767. The number of nitrogens with one attached hydrogen (secondary N) is 2. The first-order valence-electron chi connectivity index (χ1n) is 7.54. The van der Waals surface area contributed by atoms with Crippen LogP contribution in [0.3, 0.4) is 0 Å². The van der Waals surface area contributed by atoms with Crippen LogP contribution in [0.4, 0.5) is 5.69 Å². The van der Waals surface area contributed by atoms with E-state index in [1.807, 2.05) is 31.2 Å². The number of hydrogen-bond donors (Lipinski definition) is 2. The summed E-state index contributed by atoms with van der Waals surface area (Å²) in [7, 11) is 0. The van der Waals surface area contributed by atoms with Crippen molar-refractivity contribution < 1.29 is 14.4 Å². The van der Waals surface area contributed by atoms with E-state index in [2.05, 4.69) is 12.2 Å². The minimum atomic E-state index is 0.0706. The highest BCUT2D eigenvalue weighted by Crippen LogP contribution is 2.23. The summed E-state index contributed by atoms with van der Waals surface area (Å²) in [5.74, 6) is 1.54. The van der Waals surface area contributed by atoms with Crippen LogP contribution >= 0.6 is 0 Å². The quantitative estimate of drug-likeness (QED) is 0.853. The summed E-state index contributed by atoms with van der Waals surface area (Å²) in [6, 6.07) is 7.60. The molecule has 0 radical (unpaired) electrons. The van der Waals surface area contributed by atoms with Crippen molar-refractivity contribution in [2.24, 2.45) is 5.92 Å². The molecule has 2 N–H and O–H groups in total.